The number of fused-ring (bicyclic) bond motifs is 1. The van der Waals surface area contributed by atoms with Crippen LogP contribution in [-0.2, 0) is 6.61 Å². The lowest BCUT2D eigenvalue weighted by atomic mass is 10.1. The normalized spacial score (nSPS) is 11.1. The summed E-state index contributed by atoms with van der Waals surface area (Å²) < 4.78 is 31.0. The number of benzene rings is 2. The Hall–Kier alpha value is -3.05. The van der Waals surface area contributed by atoms with Crippen LogP contribution < -0.4 is 10.2 Å². The highest BCUT2D eigenvalue weighted by Gasteiger charge is 2.20. The van der Waals surface area contributed by atoms with E-state index < -0.39 is 5.82 Å². The van der Waals surface area contributed by atoms with E-state index in [1.165, 1.54) is 18.4 Å². The zero-order valence-electron chi connectivity index (χ0n) is 14.3. The number of rotatable bonds is 4. The molecular weight excluding hydrogens is 371 g/mol. The number of hydrogen-bond donors (Lipinski definition) is 0. The molecule has 136 valence electrons. The summed E-state index contributed by atoms with van der Waals surface area (Å²) in [5.41, 5.74) is 1.11. The SMILES string of the molecule is Cc1ccc2oc(-c3ccco3)c(OCc3c(F)cccc3Cl)c(=O)c2c1. The van der Waals surface area contributed by atoms with Crippen molar-refractivity contribution in [2.45, 2.75) is 13.5 Å². The molecule has 2 aromatic heterocycles. The van der Waals surface area contributed by atoms with E-state index in [0.717, 1.165) is 5.56 Å². The largest absolute Gasteiger partial charge is 0.481 e. The highest BCUT2D eigenvalue weighted by atomic mass is 35.5. The molecule has 0 N–H and O–H groups in total. The van der Waals surface area contributed by atoms with Gasteiger partial charge < -0.3 is 13.6 Å². The van der Waals surface area contributed by atoms with Crippen molar-refractivity contribution >= 4 is 22.6 Å². The molecule has 4 aromatic rings. The second-order valence-corrected chi connectivity index (χ2v) is 6.46. The van der Waals surface area contributed by atoms with Gasteiger partial charge in [-0.05, 0) is 43.3 Å². The molecule has 0 saturated carbocycles. The average molecular weight is 385 g/mol. The smallest absolute Gasteiger partial charge is 0.235 e. The number of aryl methyl sites for hydroxylation is 1. The van der Waals surface area contributed by atoms with E-state index in [0.29, 0.717) is 16.7 Å². The Morgan fingerprint density at radius 2 is 2.00 bits per heavy atom. The van der Waals surface area contributed by atoms with E-state index >= 15 is 0 Å². The van der Waals surface area contributed by atoms with Crippen molar-refractivity contribution in [3.63, 3.8) is 0 Å². The fourth-order valence-electron chi connectivity index (χ4n) is 2.81. The van der Waals surface area contributed by atoms with Crippen molar-refractivity contribution < 1.29 is 18.0 Å². The highest BCUT2D eigenvalue weighted by Crippen LogP contribution is 2.32. The lowest BCUT2D eigenvalue weighted by Gasteiger charge is -2.12. The van der Waals surface area contributed by atoms with Crippen LogP contribution in [0, 0.1) is 12.7 Å². The zero-order valence-corrected chi connectivity index (χ0v) is 15.0. The predicted octanol–water partition coefficient (Wildman–Crippen LogP) is 5.73. The van der Waals surface area contributed by atoms with Crippen molar-refractivity contribution in [2.75, 3.05) is 0 Å². The summed E-state index contributed by atoms with van der Waals surface area (Å²) in [5, 5.41) is 0.593. The van der Waals surface area contributed by atoms with Crippen LogP contribution in [0.25, 0.3) is 22.5 Å². The second kappa shape index (κ2) is 6.93. The number of halogens is 2. The lowest BCUT2D eigenvalue weighted by Crippen LogP contribution is -2.11. The molecule has 6 heteroatoms. The maximum atomic E-state index is 14.0. The van der Waals surface area contributed by atoms with Crippen LogP contribution in [0.1, 0.15) is 11.1 Å². The Balaban J connectivity index is 1.86. The van der Waals surface area contributed by atoms with Gasteiger partial charge in [-0.3, -0.25) is 4.79 Å². The number of hydrogen-bond acceptors (Lipinski definition) is 4. The summed E-state index contributed by atoms with van der Waals surface area (Å²) in [6.45, 7) is 1.65. The summed E-state index contributed by atoms with van der Waals surface area (Å²) in [7, 11) is 0. The predicted molar refractivity (Wildman–Crippen MR) is 101 cm³/mol. The molecule has 2 heterocycles. The quantitative estimate of drug-likeness (QED) is 0.450. The summed E-state index contributed by atoms with van der Waals surface area (Å²) in [5.74, 6) is -0.0801. The van der Waals surface area contributed by atoms with Gasteiger partial charge in [0.25, 0.3) is 0 Å². The van der Waals surface area contributed by atoms with Gasteiger partial charge >= 0.3 is 0 Å². The molecule has 0 unspecified atom stereocenters. The Bertz CT molecular complexity index is 1160. The van der Waals surface area contributed by atoms with Gasteiger partial charge in [-0.15, -0.1) is 0 Å². The lowest BCUT2D eigenvalue weighted by molar-refractivity contribution is 0.290. The molecule has 4 rings (SSSR count). The minimum Gasteiger partial charge on any atom is -0.481 e. The van der Waals surface area contributed by atoms with Gasteiger partial charge in [0.05, 0.1) is 16.7 Å². The second-order valence-electron chi connectivity index (χ2n) is 6.06. The topological polar surface area (TPSA) is 52.6 Å². The summed E-state index contributed by atoms with van der Waals surface area (Å²) in [6, 6.07) is 13.0. The van der Waals surface area contributed by atoms with Crippen molar-refractivity contribution in [3.8, 4) is 17.3 Å². The minimum atomic E-state index is -0.511. The Morgan fingerprint density at radius 1 is 1.15 bits per heavy atom. The first-order valence-electron chi connectivity index (χ1n) is 8.21. The Labute approximate surface area is 158 Å². The van der Waals surface area contributed by atoms with Crippen LogP contribution in [0.4, 0.5) is 4.39 Å². The molecule has 0 bridgehead atoms. The van der Waals surface area contributed by atoms with Crippen LogP contribution in [0.15, 0.2) is 68.4 Å². The van der Waals surface area contributed by atoms with Gasteiger partial charge in [0.1, 0.15) is 18.0 Å². The van der Waals surface area contributed by atoms with Crippen molar-refractivity contribution in [2.24, 2.45) is 0 Å². The van der Waals surface area contributed by atoms with Crippen LogP contribution in [0.5, 0.6) is 5.75 Å². The van der Waals surface area contributed by atoms with E-state index in [4.69, 9.17) is 25.2 Å². The van der Waals surface area contributed by atoms with Gasteiger partial charge in [-0.25, -0.2) is 4.39 Å². The maximum absolute atomic E-state index is 14.0. The summed E-state index contributed by atoms with van der Waals surface area (Å²) in [6.07, 6.45) is 1.46. The summed E-state index contributed by atoms with van der Waals surface area (Å²) in [4.78, 5) is 13.0. The first-order valence-corrected chi connectivity index (χ1v) is 8.59. The molecule has 0 spiro atoms. The highest BCUT2D eigenvalue weighted by molar-refractivity contribution is 6.31. The molecule has 0 radical (unpaired) electrons. The molecule has 27 heavy (non-hydrogen) atoms. The van der Waals surface area contributed by atoms with Crippen LogP contribution in [0.2, 0.25) is 5.02 Å². The standard InChI is InChI=1S/C21H14ClFO4/c1-12-7-8-17-13(10-12)19(24)21(20(27-17)18-6-3-9-25-18)26-11-14-15(22)4-2-5-16(14)23/h2-10H,11H2,1H3. The summed E-state index contributed by atoms with van der Waals surface area (Å²) >= 11 is 6.05. The van der Waals surface area contributed by atoms with Crippen LogP contribution in [-0.4, -0.2) is 0 Å². The van der Waals surface area contributed by atoms with Crippen LogP contribution >= 0.6 is 11.6 Å². The monoisotopic (exact) mass is 384 g/mol. The third-order valence-corrected chi connectivity index (χ3v) is 4.53. The molecule has 0 fully saturated rings. The van der Waals surface area contributed by atoms with Gasteiger partial charge in [-0.2, -0.15) is 0 Å². The molecule has 0 aliphatic rings. The molecule has 0 atom stereocenters. The Morgan fingerprint density at radius 3 is 2.74 bits per heavy atom. The molecule has 0 amide bonds. The molecular formula is C21H14ClFO4. The zero-order chi connectivity index (χ0) is 19.0. The fraction of sp³-hybridized carbons (Fsp3) is 0.0952. The van der Waals surface area contributed by atoms with Crippen molar-refractivity contribution in [1.82, 2.24) is 0 Å². The first kappa shape index (κ1) is 17.4. The van der Waals surface area contributed by atoms with Gasteiger partial charge in [0.2, 0.25) is 16.9 Å². The third-order valence-electron chi connectivity index (χ3n) is 4.17. The molecule has 2 aromatic carbocycles. The Kier molecular flexibility index (Phi) is 4.46. The average Bonchev–Trinajstić information content (AvgIpc) is 3.17. The minimum absolute atomic E-state index is 0.0534. The molecule has 0 aliphatic heterocycles. The fourth-order valence-corrected chi connectivity index (χ4v) is 3.03. The molecule has 4 nitrogen and oxygen atoms in total. The van der Waals surface area contributed by atoms with Gasteiger partial charge in [0, 0.05) is 5.56 Å². The number of furan rings is 1. The van der Waals surface area contributed by atoms with E-state index in [1.807, 2.05) is 13.0 Å². The van der Waals surface area contributed by atoms with E-state index in [9.17, 15) is 9.18 Å². The van der Waals surface area contributed by atoms with Crippen molar-refractivity contribution in [1.29, 1.82) is 0 Å². The number of ether oxygens (including phenoxy) is 1. The molecule has 0 aliphatic carbocycles. The maximum Gasteiger partial charge on any atom is 0.235 e. The van der Waals surface area contributed by atoms with E-state index in [-0.39, 0.29) is 34.1 Å². The van der Waals surface area contributed by atoms with E-state index in [1.54, 1.807) is 30.3 Å². The first-order chi connectivity index (χ1) is 13.0. The van der Waals surface area contributed by atoms with Crippen LogP contribution in [0.3, 0.4) is 0 Å². The van der Waals surface area contributed by atoms with Gasteiger partial charge in [0.15, 0.2) is 5.76 Å². The van der Waals surface area contributed by atoms with E-state index in [2.05, 4.69) is 0 Å². The molecule has 0 saturated heterocycles. The van der Waals surface area contributed by atoms with Gasteiger partial charge in [-0.1, -0.05) is 29.3 Å². The van der Waals surface area contributed by atoms with Crippen molar-refractivity contribution in [3.05, 3.63) is 87.0 Å². The third kappa shape index (κ3) is 3.22.